The van der Waals surface area contributed by atoms with Gasteiger partial charge in [0.1, 0.15) is 12.1 Å². The summed E-state index contributed by atoms with van der Waals surface area (Å²) in [7, 11) is 0. The predicted molar refractivity (Wildman–Crippen MR) is 137 cm³/mol. The van der Waals surface area contributed by atoms with E-state index in [4.69, 9.17) is 16.3 Å². The lowest BCUT2D eigenvalue weighted by molar-refractivity contribution is -0.137. The number of hydrogen-bond acceptors (Lipinski definition) is 5. The summed E-state index contributed by atoms with van der Waals surface area (Å²) in [5.74, 6) is -0.305. The average molecular weight is 511 g/mol. The molecule has 1 N–H and O–H groups in total. The van der Waals surface area contributed by atoms with Crippen molar-refractivity contribution in [2.75, 3.05) is 44.4 Å². The third-order valence-corrected chi connectivity index (χ3v) is 7.69. The molecule has 3 heterocycles. The van der Waals surface area contributed by atoms with Gasteiger partial charge in [-0.1, -0.05) is 29.8 Å². The van der Waals surface area contributed by atoms with Crippen molar-refractivity contribution < 1.29 is 19.1 Å². The van der Waals surface area contributed by atoms with E-state index >= 15 is 0 Å². The SMILES string of the molecule is O=C(CN1CN(c2ccccc2)C2(CCN(C(=O)c3ccc(Cl)cc3)CC2)C1=O)NCC1CCCO1. The molecule has 0 radical (unpaired) electrons. The first-order valence-electron chi connectivity index (χ1n) is 12.5. The number of nitrogens with one attached hydrogen (secondary N) is 1. The highest BCUT2D eigenvalue weighted by Gasteiger charge is 2.54. The van der Waals surface area contributed by atoms with Gasteiger partial charge in [-0.25, -0.2) is 0 Å². The van der Waals surface area contributed by atoms with Gasteiger partial charge in [-0.2, -0.15) is 0 Å². The van der Waals surface area contributed by atoms with E-state index in [2.05, 4.69) is 10.2 Å². The molecule has 9 heteroatoms. The first kappa shape index (κ1) is 24.6. The Labute approximate surface area is 216 Å². The Morgan fingerprint density at radius 1 is 1.06 bits per heavy atom. The lowest BCUT2D eigenvalue weighted by atomic mass is 9.85. The minimum atomic E-state index is -0.785. The highest BCUT2D eigenvalue weighted by atomic mass is 35.5. The lowest BCUT2D eigenvalue weighted by Crippen LogP contribution is -2.57. The Morgan fingerprint density at radius 2 is 1.78 bits per heavy atom. The number of amides is 3. The minimum Gasteiger partial charge on any atom is -0.376 e. The van der Waals surface area contributed by atoms with E-state index in [-0.39, 0.29) is 30.4 Å². The predicted octanol–water partition coefficient (Wildman–Crippen LogP) is 2.92. The van der Waals surface area contributed by atoms with Crippen LogP contribution in [0.4, 0.5) is 5.69 Å². The van der Waals surface area contributed by atoms with E-state index in [1.54, 1.807) is 34.1 Å². The van der Waals surface area contributed by atoms with Crippen molar-refractivity contribution in [3.63, 3.8) is 0 Å². The summed E-state index contributed by atoms with van der Waals surface area (Å²) in [5, 5.41) is 3.51. The van der Waals surface area contributed by atoms with Crippen LogP contribution in [0, 0.1) is 0 Å². The fourth-order valence-electron chi connectivity index (χ4n) is 5.44. The fourth-order valence-corrected chi connectivity index (χ4v) is 5.57. The van der Waals surface area contributed by atoms with E-state index < -0.39 is 5.54 Å². The second-order valence-corrected chi connectivity index (χ2v) is 10.1. The number of ether oxygens (including phenoxy) is 1. The average Bonchev–Trinajstić information content (AvgIpc) is 3.52. The Kier molecular flexibility index (Phi) is 7.16. The maximum Gasteiger partial charge on any atom is 0.253 e. The molecule has 2 aromatic rings. The number of hydrogen-bond donors (Lipinski definition) is 1. The summed E-state index contributed by atoms with van der Waals surface area (Å²) in [6.07, 6.45) is 3.00. The summed E-state index contributed by atoms with van der Waals surface area (Å²) in [6, 6.07) is 16.7. The van der Waals surface area contributed by atoms with Gasteiger partial charge in [-0.15, -0.1) is 0 Å². The number of para-hydroxylation sites is 1. The number of rotatable bonds is 6. The number of likely N-dealkylation sites (tertiary alicyclic amines) is 1. The number of piperidine rings is 1. The quantitative estimate of drug-likeness (QED) is 0.646. The second-order valence-electron chi connectivity index (χ2n) is 9.68. The van der Waals surface area contributed by atoms with Crippen LogP contribution < -0.4 is 10.2 Å². The van der Waals surface area contributed by atoms with Gasteiger partial charge >= 0.3 is 0 Å². The molecule has 3 fully saturated rings. The molecule has 5 rings (SSSR count). The monoisotopic (exact) mass is 510 g/mol. The van der Waals surface area contributed by atoms with Crippen LogP contribution >= 0.6 is 11.6 Å². The third-order valence-electron chi connectivity index (χ3n) is 7.44. The first-order valence-corrected chi connectivity index (χ1v) is 12.9. The van der Waals surface area contributed by atoms with Gasteiger partial charge in [0, 0.05) is 42.5 Å². The number of carbonyl (C=O) groups is 3. The molecule has 0 aromatic heterocycles. The molecule has 8 nitrogen and oxygen atoms in total. The Balaban J connectivity index is 1.29. The van der Waals surface area contributed by atoms with Crippen molar-refractivity contribution in [2.45, 2.75) is 37.3 Å². The summed E-state index contributed by atoms with van der Waals surface area (Å²) in [5.41, 5.74) is 0.732. The molecule has 36 heavy (non-hydrogen) atoms. The zero-order chi connectivity index (χ0) is 25.1. The van der Waals surface area contributed by atoms with Crippen LogP contribution in [0.2, 0.25) is 5.02 Å². The topological polar surface area (TPSA) is 82.2 Å². The van der Waals surface area contributed by atoms with Crippen LogP contribution in [-0.4, -0.2) is 78.6 Å². The maximum absolute atomic E-state index is 13.8. The Hall–Kier alpha value is -3.10. The van der Waals surface area contributed by atoms with Gasteiger partial charge in [0.05, 0.1) is 12.8 Å². The molecule has 3 saturated heterocycles. The number of nitrogens with zero attached hydrogens (tertiary/aromatic N) is 3. The van der Waals surface area contributed by atoms with Gasteiger partial charge < -0.3 is 24.8 Å². The molecule has 0 bridgehead atoms. The van der Waals surface area contributed by atoms with Crippen LogP contribution in [-0.2, 0) is 14.3 Å². The molecular weight excluding hydrogens is 480 g/mol. The van der Waals surface area contributed by atoms with Crippen LogP contribution in [0.25, 0.3) is 0 Å². The zero-order valence-corrected chi connectivity index (χ0v) is 21.0. The summed E-state index contributed by atoms with van der Waals surface area (Å²) < 4.78 is 5.58. The summed E-state index contributed by atoms with van der Waals surface area (Å²) in [6.45, 7) is 2.45. The number of halogens is 1. The highest BCUT2D eigenvalue weighted by molar-refractivity contribution is 6.30. The van der Waals surface area contributed by atoms with E-state index in [1.165, 1.54) is 0 Å². The Bertz CT molecular complexity index is 1100. The molecule has 1 atom stereocenters. The van der Waals surface area contributed by atoms with E-state index in [9.17, 15) is 14.4 Å². The lowest BCUT2D eigenvalue weighted by Gasteiger charge is -2.43. The molecule has 0 aliphatic carbocycles. The van der Waals surface area contributed by atoms with Crippen LogP contribution in [0.5, 0.6) is 0 Å². The standard InChI is InChI=1S/C27H31ClN4O4/c28-21-10-8-20(9-11-21)25(34)30-14-12-27(13-15-30)26(35)31(19-32(27)22-5-2-1-3-6-22)18-24(33)29-17-23-7-4-16-36-23/h1-3,5-6,8-11,23H,4,7,12-19H2,(H,29,33). The number of carbonyl (C=O) groups excluding carboxylic acids is 3. The van der Waals surface area contributed by atoms with Crippen LogP contribution in [0.15, 0.2) is 54.6 Å². The number of benzene rings is 2. The van der Waals surface area contributed by atoms with Crippen molar-refractivity contribution in [2.24, 2.45) is 0 Å². The first-order chi connectivity index (χ1) is 17.5. The van der Waals surface area contributed by atoms with Crippen LogP contribution in [0.1, 0.15) is 36.0 Å². The summed E-state index contributed by atoms with van der Waals surface area (Å²) >= 11 is 5.97. The van der Waals surface area contributed by atoms with Gasteiger partial charge in [0.2, 0.25) is 5.91 Å². The maximum atomic E-state index is 13.8. The van der Waals surface area contributed by atoms with Gasteiger partial charge in [-0.3, -0.25) is 14.4 Å². The highest BCUT2D eigenvalue weighted by Crippen LogP contribution is 2.39. The molecule has 2 aromatic carbocycles. The van der Waals surface area contributed by atoms with E-state index in [1.807, 2.05) is 30.3 Å². The fraction of sp³-hybridized carbons (Fsp3) is 0.444. The van der Waals surface area contributed by atoms with E-state index in [0.29, 0.717) is 49.7 Å². The Morgan fingerprint density at radius 3 is 2.44 bits per heavy atom. The molecular formula is C27H31ClN4O4. The smallest absolute Gasteiger partial charge is 0.253 e. The normalized spacial score (nSPS) is 21.3. The molecule has 1 unspecified atom stereocenters. The van der Waals surface area contributed by atoms with Gasteiger partial charge in [0.15, 0.2) is 0 Å². The van der Waals surface area contributed by atoms with Crippen molar-refractivity contribution in [1.29, 1.82) is 0 Å². The second kappa shape index (κ2) is 10.5. The zero-order valence-electron chi connectivity index (χ0n) is 20.2. The van der Waals surface area contributed by atoms with Crippen molar-refractivity contribution in [3.05, 3.63) is 65.2 Å². The van der Waals surface area contributed by atoms with Crippen molar-refractivity contribution in [1.82, 2.24) is 15.1 Å². The molecule has 3 amide bonds. The number of anilines is 1. The third kappa shape index (κ3) is 4.92. The van der Waals surface area contributed by atoms with Crippen molar-refractivity contribution in [3.8, 4) is 0 Å². The van der Waals surface area contributed by atoms with E-state index in [0.717, 1.165) is 25.1 Å². The largest absolute Gasteiger partial charge is 0.376 e. The molecule has 190 valence electrons. The van der Waals surface area contributed by atoms with Crippen LogP contribution in [0.3, 0.4) is 0 Å². The van der Waals surface area contributed by atoms with Crippen molar-refractivity contribution >= 4 is 35.0 Å². The summed E-state index contributed by atoms with van der Waals surface area (Å²) in [4.78, 5) is 45.1. The van der Waals surface area contributed by atoms with Gasteiger partial charge in [0.25, 0.3) is 11.8 Å². The van der Waals surface area contributed by atoms with Gasteiger partial charge in [-0.05, 0) is 62.1 Å². The molecule has 1 spiro atoms. The molecule has 3 aliphatic rings. The molecule has 0 saturated carbocycles. The minimum absolute atomic E-state index is 0.00402. The molecule has 3 aliphatic heterocycles.